The van der Waals surface area contributed by atoms with E-state index in [1.165, 1.54) is 0 Å². The summed E-state index contributed by atoms with van der Waals surface area (Å²) in [6.45, 7) is 1.64. The number of carbonyl (C=O) groups excluding carboxylic acids is 3. The molecule has 6 nitrogen and oxygen atoms in total. The van der Waals surface area contributed by atoms with Gasteiger partial charge in [-0.15, -0.1) is 0 Å². The Morgan fingerprint density at radius 3 is 2.22 bits per heavy atom. The first-order valence-electron chi connectivity index (χ1n) is 5.52. The van der Waals surface area contributed by atoms with Crippen LogP contribution in [0, 0.1) is 0 Å². The molecule has 0 spiro atoms. The van der Waals surface area contributed by atoms with Crippen molar-refractivity contribution in [1.29, 1.82) is 0 Å². The molecular formula is C12H13N3O3. The van der Waals surface area contributed by atoms with E-state index in [0.717, 1.165) is 4.90 Å². The number of imide groups is 1. The van der Waals surface area contributed by atoms with E-state index < -0.39 is 11.9 Å². The first-order chi connectivity index (χ1) is 8.56. The largest absolute Gasteiger partial charge is 0.294 e. The Morgan fingerprint density at radius 2 is 1.78 bits per heavy atom. The number of hydrazine groups is 1. The van der Waals surface area contributed by atoms with Crippen LogP contribution in [-0.4, -0.2) is 28.7 Å². The number of carbonyl (C=O) groups is 3. The SMILES string of the molecule is CC(CC(=O)NN)N1C(=O)c2ccccc2C1=O. The fourth-order valence-electron chi connectivity index (χ4n) is 2.03. The van der Waals surface area contributed by atoms with E-state index in [-0.39, 0.29) is 18.2 Å². The number of benzene rings is 1. The lowest BCUT2D eigenvalue weighted by Crippen LogP contribution is -2.42. The second kappa shape index (κ2) is 4.58. The van der Waals surface area contributed by atoms with Crippen LogP contribution in [0.5, 0.6) is 0 Å². The third-order valence-corrected chi connectivity index (χ3v) is 2.91. The van der Waals surface area contributed by atoms with Crippen molar-refractivity contribution in [3.63, 3.8) is 0 Å². The maximum absolute atomic E-state index is 12.1. The Hall–Kier alpha value is -2.21. The van der Waals surface area contributed by atoms with Crippen LogP contribution in [0.4, 0.5) is 0 Å². The Balaban J connectivity index is 2.25. The monoisotopic (exact) mass is 247 g/mol. The van der Waals surface area contributed by atoms with Crippen LogP contribution >= 0.6 is 0 Å². The predicted octanol–water partition coefficient (Wildman–Crippen LogP) is 0.0511. The van der Waals surface area contributed by atoms with Gasteiger partial charge in [-0.1, -0.05) is 12.1 Å². The Labute approximate surface area is 104 Å². The summed E-state index contributed by atoms with van der Waals surface area (Å²) in [5.74, 6) is 3.83. The van der Waals surface area contributed by atoms with Gasteiger partial charge < -0.3 is 0 Å². The quantitative estimate of drug-likeness (QED) is 0.341. The molecule has 3 amide bonds. The molecule has 94 valence electrons. The molecule has 1 atom stereocenters. The van der Waals surface area contributed by atoms with E-state index >= 15 is 0 Å². The summed E-state index contributed by atoms with van der Waals surface area (Å²) in [5, 5.41) is 0. The smallest absolute Gasteiger partial charge is 0.261 e. The first kappa shape index (κ1) is 12.3. The molecule has 0 saturated carbocycles. The predicted molar refractivity (Wildman–Crippen MR) is 63.4 cm³/mol. The van der Waals surface area contributed by atoms with Gasteiger partial charge in [0.2, 0.25) is 5.91 Å². The first-order valence-corrected chi connectivity index (χ1v) is 5.52. The molecule has 1 aliphatic heterocycles. The van der Waals surface area contributed by atoms with Gasteiger partial charge in [-0.05, 0) is 19.1 Å². The van der Waals surface area contributed by atoms with Gasteiger partial charge in [0, 0.05) is 12.5 Å². The fourth-order valence-corrected chi connectivity index (χ4v) is 2.03. The minimum Gasteiger partial charge on any atom is -0.294 e. The summed E-state index contributed by atoms with van der Waals surface area (Å²) in [7, 11) is 0. The molecule has 1 unspecified atom stereocenters. The number of rotatable bonds is 3. The van der Waals surface area contributed by atoms with E-state index in [4.69, 9.17) is 5.84 Å². The molecule has 0 bridgehead atoms. The van der Waals surface area contributed by atoms with Crippen LogP contribution < -0.4 is 11.3 Å². The zero-order valence-electron chi connectivity index (χ0n) is 9.84. The Bertz CT molecular complexity index is 492. The van der Waals surface area contributed by atoms with Gasteiger partial charge in [0.25, 0.3) is 11.8 Å². The molecule has 0 aromatic heterocycles. The van der Waals surface area contributed by atoms with Crippen LogP contribution in [-0.2, 0) is 4.79 Å². The van der Waals surface area contributed by atoms with E-state index in [9.17, 15) is 14.4 Å². The highest BCUT2D eigenvalue weighted by atomic mass is 16.2. The third-order valence-electron chi connectivity index (χ3n) is 2.91. The van der Waals surface area contributed by atoms with E-state index in [1.807, 2.05) is 5.43 Å². The van der Waals surface area contributed by atoms with Crippen molar-refractivity contribution in [3.05, 3.63) is 35.4 Å². The standard InChI is InChI=1S/C12H13N3O3/c1-7(6-10(16)14-13)15-11(17)8-4-2-3-5-9(8)12(15)18/h2-5,7H,6,13H2,1H3,(H,14,16). The van der Waals surface area contributed by atoms with Gasteiger partial charge >= 0.3 is 0 Å². The summed E-state index contributed by atoms with van der Waals surface area (Å²) in [6.07, 6.45) is -0.0119. The lowest BCUT2D eigenvalue weighted by Gasteiger charge is -2.21. The molecule has 0 saturated heterocycles. The highest BCUT2D eigenvalue weighted by molar-refractivity contribution is 6.21. The number of hydrogen-bond donors (Lipinski definition) is 2. The van der Waals surface area contributed by atoms with Crippen LogP contribution in [0.3, 0.4) is 0 Å². The molecule has 0 radical (unpaired) electrons. The summed E-state index contributed by atoms with van der Waals surface area (Å²) < 4.78 is 0. The molecule has 1 heterocycles. The number of fused-ring (bicyclic) bond motifs is 1. The third kappa shape index (κ3) is 1.86. The fraction of sp³-hybridized carbons (Fsp3) is 0.250. The molecule has 0 fully saturated rings. The Morgan fingerprint density at radius 1 is 1.28 bits per heavy atom. The number of nitrogens with two attached hydrogens (primary N) is 1. The Kier molecular flexibility index (Phi) is 3.12. The van der Waals surface area contributed by atoms with E-state index in [0.29, 0.717) is 11.1 Å². The zero-order chi connectivity index (χ0) is 13.3. The van der Waals surface area contributed by atoms with Gasteiger partial charge in [0.1, 0.15) is 0 Å². The number of nitrogens with zero attached hydrogens (tertiary/aromatic N) is 1. The topological polar surface area (TPSA) is 92.5 Å². The maximum atomic E-state index is 12.1. The second-order valence-corrected chi connectivity index (χ2v) is 4.15. The average Bonchev–Trinajstić information content (AvgIpc) is 2.62. The van der Waals surface area contributed by atoms with Crippen molar-refractivity contribution in [2.45, 2.75) is 19.4 Å². The summed E-state index contributed by atoms with van der Waals surface area (Å²) in [5.41, 5.74) is 2.74. The molecule has 1 aromatic rings. The van der Waals surface area contributed by atoms with E-state index in [2.05, 4.69) is 0 Å². The summed E-state index contributed by atoms with van der Waals surface area (Å²) in [6, 6.07) is 6.08. The lowest BCUT2D eigenvalue weighted by molar-refractivity contribution is -0.121. The van der Waals surface area contributed by atoms with Crippen LogP contribution in [0.15, 0.2) is 24.3 Å². The van der Waals surface area contributed by atoms with Gasteiger partial charge in [0.15, 0.2) is 0 Å². The lowest BCUT2D eigenvalue weighted by atomic mass is 10.1. The van der Waals surface area contributed by atoms with Crippen LogP contribution in [0.25, 0.3) is 0 Å². The van der Waals surface area contributed by atoms with Gasteiger partial charge in [-0.2, -0.15) is 0 Å². The van der Waals surface area contributed by atoms with Gasteiger partial charge in [-0.25, -0.2) is 5.84 Å². The minimum absolute atomic E-state index is 0.0119. The minimum atomic E-state index is -0.527. The molecule has 18 heavy (non-hydrogen) atoms. The molecule has 1 aliphatic rings. The molecule has 3 N–H and O–H groups in total. The van der Waals surface area contributed by atoms with Gasteiger partial charge in [-0.3, -0.25) is 24.7 Å². The van der Waals surface area contributed by atoms with Crippen molar-refractivity contribution in [3.8, 4) is 0 Å². The molecule has 6 heteroatoms. The van der Waals surface area contributed by atoms with Crippen LogP contribution in [0.1, 0.15) is 34.1 Å². The molecule has 2 rings (SSSR count). The van der Waals surface area contributed by atoms with Crippen molar-refractivity contribution in [1.82, 2.24) is 10.3 Å². The zero-order valence-corrected chi connectivity index (χ0v) is 9.84. The van der Waals surface area contributed by atoms with Crippen molar-refractivity contribution >= 4 is 17.7 Å². The maximum Gasteiger partial charge on any atom is 0.261 e. The highest BCUT2D eigenvalue weighted by Crippen LogP contribution is 2.25. The van der Waals surface area contributed by atoms with Crippen LogP contribution in [0.2, 0.25) is 0 Å². The second-order valence-electron chi connectivity index (χ2n) is 4.15. The summed E-state index contributed by atoms with van der Waals surface area (Å²) >= 11 is 0. The molecule has 1 aromatic carbocycles. The molecule has 0 aliphatic carbocycles. The van der Waals surface area contributed by atoms with Gasteiger partial charge in [0.05, 0.1) is 11.1 Å². The normalized spacial score (nSPS) is 15.6. The number of nitrogens with one attached hydrogen (secondary N) is 1. The summed E-state index contributed by atoms with van der Waals surface area (Å²) in [4.78, 5) is 36.4. The number of hydrogen-bond acceptors (Lipinski definition) is 4. The van der Waals surface area contributed by atoms with E-state index in [1.54, 1.807) is 31.2 Å². The van der Waals surface area contributed by atoms with Crippen molar-refractivity contribution in [2.75, 3.05) is 0 Å². The number of amides is 3. The highest BCUT2D eigenvalue weighted by Gasteiger charge is 2.38. The average molecular weight is 247 g/mol. The van der Waals surface area contributed by atoms with Crippen molar-refractivity contribution in [2.24, 2.45) is 5.84 Å². The van der Waals surface area contributed by atoms with Crippen molar-refractivity contribution < 1.29 is 14.4 Å². The molecular weight excluding hydrogens is 234 g/mol.